The van der Waals surface area contributed by atoms with Crippen LogP contribution in [0.2, 0.25) is 0 Å². The van der Waals surface area contributed by atoms with E-state index >= 15 is 0 Å². The predicted octanol–water partition coefficient (Wildman–Crippen LogP) is 3.75. The highest BCUT2D eigenvalue weighted by molar-refractivity contribution is 8.26. The zero-order chi connectivity index (χ0) is 22.4. The predicted molar refractivity (Wildman–Crippen MR) is 127 cm³/mol. The molecule has 1 saturated heterocycles. The number of hydrazine groups is 1. The second kappa shape index (κ2) is 10.4. The Morgan fingerprint density at radius 2 is 1.61 bits per heavy atom. The van der Waals surface area contributed by atoms with Crippen molar-refractivity contribution in [2.24, 2.45) is 0 Å². The molecule has 1 heterocycles. The Morgan fingerprint density at radius 3 is 2.26 bits per heavy atom. The third kappa shape index (κ3) is 6.26. The quantitative estimate of drug-likeness (QED) is 0.396. The molecular formula is C23H23N3O3S2. The fraction of sp³-hybridized carbons (Fsp3) is 0.217. The first-order valence-corrected chi connectivity index (χ1v) is 11.0. The lowest BCUT2D eigenvalue weighted by Crippen LogP contribution is -2.41. The van der Waals surface area contributed by atoms with E-state index in [0.29, 0.717) is 27.8 Å². The maximum atomic E-state index is 12.7. The van der Waals surface area contributed by atoms with Gasteiger partial charge in [0.25, 0.3) is 11.8 Å². The topological polar surface area (TPSA) is 78.5 Å². The Bertz CT molecular complexity index is 1030. The first-order valence-electron chi connectivity index (χ1n) is 9.81. The number of nitrogens with zero attached hydrogens (tertiary/aromatic N) is 1. The molecule has 0 bridgehead atoms. The van der Waals surface area contributed by atoms with Crippen LogP contribution in [-0.4, -0.2) is 33.5 Å². The average molecular weight is 454 g/mol. The maximum Gasteiger partial charge on any atom is 0.269 e. The van der Waals surface area contributed by atoms with E-state index in [1.165, 1.54) is 16.7 Å². The molecule has 0 radical (unpaired) electrons. The number of amides is 3. The van der Waals surface area contributed by atoms with Gasteiger partial charge < -0.3 is 0 Å². The minimum atomic E-state index is -0.383. The van der Waals surface area contributed by atoms with Gasteiger partial charge in [0.15, 0.2) is 0 Å². The van der Waals surface area contributed by atoms with E-state index < -0.39 is 0 Å². The normalized spacial score (nSPS) is 14.8. The van der Waals surface area contributed by atoms with Gasteiger partial charge in [0.05, 0.1) is 4.91 Å². The molecule has 6 nitrogen and oxygen atoms in total. The third-order valence-electron chi connectivity index (χ3n) is 4.66. The van der Waals surface area contributed by atoms with Gasteiger partial charge in [0, 0.05) is 18.5 Å². The first kappa shape index (κ1) is 22.7. The lowest BCUT2D eigenvalue weighted by atomic mass is 10.1. The molecule has 0 aliphatic carbocycles. The Morgan fingerprint density at radius 1 is 1.00 bits per heavy atom. The summed E-state index contributed by atoms with van der Waals surface area (Å²) in [5.41, 5.74) is 8.39. The number of thiocarbonyl (C=S) groups is 1. The molecule has 0 saturated carbocycles. The Balaban J connectivity index is 1.45. The summed E-state index contributed by atoms with van der Waals surface area (Å²) in [5.74, 6) is -0.865. The number of rotatable bonds is 6. The van der Waals surface area contributed by atoms with E-state index in [0.717, 1.165) is 16.7 Å². The third-order valence-corrected chi connectivity index (χ3v) is 6.04. The summed E-state index contributed by atoms with van der Waals surface area (Å²) < 4.78 is 0.483. The van der Waals surface area contributed by atoms with E-state index in [1.807, 2.05) is 56.3 Å². The smallest absolute Gasteiger partial charge is 0.269 e. The van der Waals surface area contributed by atoms with Gasteiger partial charge >= 0.3 is 0 Å². The van der Waals surface area contributed by atoms with Crippen molar-refractivity contribution in [3.8, 4) is 0 Å². The van der Waals surface area contributed by atoms with Gasteiger partial charge in [-0.15, -0.1) is 0 Å². The summed E-state index contributed by atoms with van der Waals surface area (Å²) in [6.07, 6.45) is 2.41. The fourth-order valence-corrected chi connectivity index (χ4v) is 4.18. The monoisotopic (exact) mass is 453 g/mol. The Hall–Kier alpha value is -2.97. The Labute approximate surface area is 191 Å². The molecule has 3 rings (SSSR count). The van der Waals surface area contributed by atoms with Crippen LogP contribution >= 0.6 is 24.0 Å². The molecular weight excluding hydrogens is 430 g/mol. The highest BCUT2D eigenvalue weighted by Gasteiger charge is 2.31. The van der Waals surface area contributed by atoms with Crippen LogP contribution in [-0.2, 0) is 9.59 Å². The zero-order valence-electron chi connectivity index (χ0n) is 17.3. The van der Waals surface area contributed by atoms with Gasteiger partial charge in [0.2, 0.25) is 5.91 Å². The largest absolute Gasteiger partial charge is 0.293 e. The highest BCUT2D eigenvalue weighted by atomic mass is 32.2. The summed E-state index contributed by atoms with van der Waals surface area (Å²) in [6.45, 7) is 4.28. The van der Waals surface area contributed by atoms with Gasteiger partial charge in [0.1, 0.15) is 4.32 Å². The van der Waals surface area contributed by atoms with Crippen molar-refractivity contribution >= 4 is 52.1 Å². The number of benzene rings is 2. The first-order chi connectivity index (χ1) is 14.8. The number of hydrogen-bond donors (Lipinski definition) is 2. The van der Waals surface area contributed by atoms with Gasteiger partial charge in [-0.25, -0.2) is 0 Å². The minimum Gasteiger partial charge on any atom is -0.293 e. The van der Waals surface area contributed by atoms with Crippen molar-refractivity contribution in [2.45, 2.75) is 26.7 Å². The van der Waals surface area contributed by atoms with Crippen molar-refractivity contribution in [3.63, 3.8) is 0 Å². The van der Waals surface area contributed by atoms with Gasteiger partial charge in [-0.1, -0.05) is 71.5 Å². The molecule has 2 aromatic carbocycles. The van der Waals surface area contributed by atoms with Crippen LogP contribution < -0.4 is 10.9 Å². The lowest BCUT2D eigenvalue weighted by Gasteiger charge is -2.14. The van der Waals surface area contributed by atoms with E-state index in [2.05, 4.69) is 10.9 Å². The molecule has 1 fully saturated rings. The van der Waals surface area contributed by atoms with Crippen molar-refractivity contribution in [3.05, 3.63) is 75.7 Å². The van der Waals surface area contributed by atoms with Crippen LogP contribution in [0.5, 0.6) is 0 Å². The summed E-state index contributed by atoms with van der Waals surface area (Å²) in [4.78, 5) is 38.8. The molecule has 31 heavy (non-hydrogen) atoms. The van der Waals surface area contributed by atoms with Gasteiger partial charge in [-0.3, -0.25) is 30.1 Å². The number of thioether (sulfide) groups is 1. The van der Waals surface area contributed by atoms with E-state index in [-0.39, 0.29) is 24.1 Å². The molecule has 0 spiro atoms. The molecule has 0 aromatic heterocycles. The summed E-state index contributed by atoms with van der Waals surface area (Å²) in [5, 5.41) is 0. The Kier molecular flexibility index (Phi) is 7.59. The minimum absolute atomic E-state index is 0.149. The molecule has 8 heteroatoms. The van der Waals surface area contributed by atoms with Crippen LogP contribution in [0.1, 0.15) is 39.9 Å². The second-order valence-electron chi connectivity index (χ2n) is 7.22. The van der Waals surface area contributed by atoms with E-state index in [1.54, 1.807) is 12.1 Å². The van der Waals surface area contributed by atoms with Crippen LogP contribution in [0.4, 0.5) is 0 Å². The highest BCUT2D eigenvalue weighted by Crippen LogP contribution is 2.32. The molecule has 2 aromatic rings. The van der Waals surface area contributed by atoms with Gasteiger partial charge in [-0.05, 0) is 44.0 Å². The SMILES string of the molecule is Cc1ccc(C=C2SC(=S)N(CCCC(=O)NNC(=O)c3ccc(C)cc3)C2=O)cc1. The molecule has 160 valence electrons. The molecule has 0 unspecified atom stereocenters. The maximum absolute atomic E-state index is 12.7. The lowest BCUT2D eigenvalue weighted by molar-refractivity contribution is -0.124. The van der Waals surface area contributed by atoms with Crippen LogP contribution in [0.15, 0.2) is 53.4 Å². The zero-order valence-corrected chi connectivity index (χ0v) is 18.9. The molecule has 2 N–H and O–H groups in total. The van der Waals surface area contributed by atoms with Gasteiger partial charge in [-0.2, -0.15) is 0 Å². The molecule has 1 aliphatic rings. The number of aryl methyl sites for hydroxylation is 2. The number of nitrogens with one attached hydrogen (secondary N) is 2. The average Bonchev–Trinajstić information content (AvgIpc) is 3.01. The fourth-order valence-electron chi connectivity index (χ4n) is 2.87. The summed E-state index contributed by atoms with van der Waals surface area (Å²) in [6, 6.07) is 14.9. The number of carbonyl (C=O) groups is 3. The second-order valence-corrected chi connectivity index (χ2v) is 8.89. The molecule has 3 amide bonds. The summed E-state index contributed by atoms with van der Waals surface area (Å²) >= 11 is 6.59. The van der Waals surface area contributed by atoms with Crippen molar-refractivity contribution in [1.29, 1.82) is 0 Å². The number of hydrogen-bond acceptors (Lipinski definition) is 5. The van der Waals surface area contributed by atoms with Crippen LogP contribution in [0.25, 0.3) is 6.08 Å². The van der Waals surface area contributed by atoms with Crippen molar-refractivity contribution < 1.29 is 14.4 Å². The van der Waals surface area contributed by atoms with E-state index in [4.69, 9.17) is 12.2 Å². The summed E-state index contributed by atoms with van der Waals surface area (Å²) in [7, 11) is 0. The molecule has 0 atom stereocenters. The van der Waals surface area contributed by atoms with Crippen molar-refractivity contribution in [1.82, 2.24) is 15.8 Å². The van der Waals surface area contributed by atoms with Crippen LogP contribution in [0, 0.1) is 13.8 Å². The van der Waals surface area contributed by atoms with E-state index in [9.17, 15) is 14.4 Å². The van der Waals surface area contributed by atoms with Crippen molar-refractivity contribution in [2.75, 3.05) is 6.54 Å². The van der Waals surface area contributed by atoms with Crippen LogP contribution in [0.3, 0.4) is 0 Å². The number of carbonyl (C=O) groups excluding carboxylic acids is 3. The standard InChI is InChI=1S/C23H23N3O3S2/c1-15-5-9-17(10-6-15)14-19-22(29)26(23(30)31-19)13-3-4-20(27)24-25-21(28)18-11-7-16(2)8-12-18/h5-12,14H,3-4,13H2,1-2H3,(H,24,27)(H,25,28). The molecule has 1 aliphatic heterocycles.